The molecule has 68 valence electrons. The molecule has 0 aromatic heterocycles. The van der Waals surface area contributed by atoms with Crippen molar-refractivity contribution in [1.29, 1.82) is 0 Å². The summed E-state index contributed by atoms with van der Waals surface area (Å²) in [7, 11) is 0. The maximum atomic E-state index is 12.1. The molecule has 0 saturated heterocycles. The number of allylic oxidation sites excluding steroid dienone is 1. The molecular weight excluding hydrogens is 167 g/mol. The van der Waals surface area contributed by atoms with E-state index in [1.807, 2.05) is 6.92 Å². The van der Waals surface area contributed by atoms with Crippen LogP contribution in [-0.2, 0) is 0 Å². The average molecular weight is 177 g/mol. The van der Waals surface area contributed by atoms with Crippen LogP contribution in [-0.4, -0.2) is 17.9 Å². The van der Waals surface area contributed by atoms with Crippen LogP contribution in [0.25, 0.3) is 0 Å². The van der Waals surface area contributed by atoms with Crippen molar-refractivity contribution in [1.82, 2.24) is 0 Å². The van der Waals surface area contributed by atoms with Gasteiger partial charge < -0.3 is 0 Å². The quantitative estimate of drug-likeness (QED) is 0.584. The number of nitrogens with zero attached hydrogens (tertiary/aromatic N) is 1. The van der Waals surface area contributed by atoms with Gasteiger partial charge in [0.15, 0.2) is 0 Å². The molecule has 0 saturated carbocycles. The Balaban J connectivity index is 2.88. The molecule has 1 atom stereocenters. The average Bonchev–Trinajstić information content (AvgIpc) is 2.29. The van der Waals surface area contributed by atoms with Crippen molar-refractivity contribution >= 4 is 5.71 Å². The van der Waals surface area contributed by atoms with Crippen LogP contribution in [0, 0.1) is 0 Å². The minimum atomic E-state index is -4.29. The first-order valence-corrected chi connectivity index (χ1v) is 3.79. The second-order valence-electron chi connectivity index (χ2n) is 2.80. The van der Waals surface area contributed by atoms with Gasteiger partial charge in [-0.05, 0) is 18.9 Å². The Labute approximate surface area is 69.0 Å². The topological polar surface area (TPSA) is 12.4 Å². The minimum Gasteiger partial charge on any atom is -0.273 e. The van der Waals surface area contributed by atoms with E-state index in [4.69, 9.17) is 0 Å². The van der Waals surface area contributed by atoms with Gasteiger partial charge in [-0.3, -0.25) is 4.99 Å². The summed E-state index contributed by atoms with van der Waals surface area (Å²) in [4.78, 5) is 3.56. The molecule has 0 spiro atoms. The number of hydrogen-bond acceptors (Lipinski definition) is 1. The Morgan fingerprint density at radius 1 is 1.50 bits per heavy atom. The Hall–Kier alpha value is -0.800. The van der Waals surface area contributed by atoms with Crippen LogP contribution in [0.2, 0.25) is 0 Å². The monoisotopic (exact) mass is 177 g/mol. The highest BCUT2D eigenvalue weighted by atomic mass is 19.4. The van der Waals surface area contributed by atoms with Crippen LogP contribution in [0.4, 0.5) is 13.2 Å². The lowest BCUT2D eigenvalue weighted by molar-refractivity contribution is -0.0582. The van der Waals surface area contributed by atoms with Gasteiger partial charge in [0.25, 0.3) is 0 Å². The molecule has 0 bridgehead atoms. The largest absolute Gasteiger partial charge is 0.433 e. The van der Waals surface area contributed by atoms with E-state index in [1.165, 1.54) is 6.92 Å². The van der Waals surface area contributed by atoms with Gasteiger partial charge in [-0.1, -0.05) is 13.0 Å². The molecule has 12 heavy (non-hydrogen) atoms. The van der Waals surface area contributed by atoms with Crippen LogP contribution >= 0.6 is 0 Å². The molecule has 0 fully saturated rings. The third kappa shape index (κ3) is 1.68. The Morgan fingerprint density at radius 2 is 2.08 bits per heavy atom. The number of hydrogen-bond donors (Lipinski definition) is 0. The molecule has 0 radical (unpaired) electrons. The van der Waals surface area contributed by atoms with Gasteiger partial charge >= 0.3 is 6.18 Å². The predicted molar refractivity (Wildman–Crippen MR) is 41.3 cm³/mol. The van der Waals surface area contributed by atoms with E-state index in [1.54, 1.807) is 6.08 Å². The van der Waals surface area contributed by atoms with Gasteiger partial charge in [0.2, 0.25) is 0 Å². The zero-order valence-electron chi connectivity index (χ0n) is 6.94. The number of aliphatic imine (C=N–C) groups is 1. The smallest absolute Gasteiger partial charge is 0.273 e. The van der Waals surface area contributed by atoms with Gasteiger partial charge in [-0.25, -0.2) is 0 Å². The second kappa shape index (κ2) is 2.92. The summed E-state index contributed by atoms with van der Waals surface area (Å²) in [6, 6.07) is -0.276. The van der Waals surface area contributed by atoms with E-state index >= 15 is 0 Å². The van der Waals surface area contributed by atoms with Crippen molar-refractivity contribution in [3.05, 3.63) is 11.6 Å². The summed E-state index contributed by atoms with van der Waals surface area (Å²) in [5.41, 5.74) is -0.469. The number of alkyl halides is 3. The molecule has 4 heteroatoms. The van der Waals surface area contributed by atoms with Crippen LogP contribution < -0.4 is 0 Å². The predicted octanol–water partition coefficient (Wildman–Crippen LogP) is 2.73. The molecule has 0 aromatic carbocycles. The Kier molecular flexibility index (Phi) is 2.26. The maximum Gasteiger partial charge on any atom is 0.433 e. The minimum absolute atomic E-state index is 0.245. The van der Waals surface area contributed by atoms with Crippen LogP contribution in [0.15, 0.2) is 16.6 Å². The third-order valence-electron chi connectivity index (χ3n) is 1.80. The molecular formula is C8H10F3N. The molecule has 0 unspecified atom stereocenters. The van der Waals surface area contributed by atoms with Crippen LogP contribution in [0.5, 0.6) is 0 Å². The van der Waals surface area contributed by atoms with E-state index in [9.17, 15) is 13.2 Å². The molecule has 1 nitrogen and oxygen atoms in total. The van der Waals surface area contributed by atoms with E-state index < -0.39 is 11.9 Å². The van der Waals surface area contributed by atoms with Crippen molar-refractivity contribution in [2.45, 2.75) is 32.5 Å². The summed E-state index contributed by atoms with van der Waals surface area (Å²) in [5, 5.41) is 0. The zero-order chi connectivity index (χ0) is 9.35. The van der Waals surface area contributed by atoms with Crippen molar-refractivity contribution in [3.63, 3.8) is 0 Å². The molecule has 0 aliphatic carbocycles. The number of rotatable bonds is 1. The second-order valence-corrected chi connectivity index (χ2v) is 2.80. The molecule has 0 amide bonds. The molecule has 1 aliphatic rings. The zero-order valence-corrected chi connectivity index (χ0v) is 6.94. The molecule has 1 aliphatic heterocycles. The molecule has 1 rings (SSSR count). The fourth-order valence-electron chi connectivity index (χ4n) is 1.18. The standard InChI is InChI=1S/C8H10F3N/c1-3-6-4-5(2)7(12-6)8(9,10)11/h4,6H,3H2,1-2H3/t6-/m1/s1. The van der Waals surface area contributed by atoms with Crippen molar-refractivity contribution in [2.24, 2.45) is 4.99 Å². The van der Waals surface area contributed by atoms with E-state index in [-0.39, 0.29) is 11.6 Å². The van der Waals surface area contributed by atoms with Crippen LogP contribution in [0.1, 0.15) is 20.3 Å². The SMILES string of the molecule is CC[C@@H]1C=C(C)C(C(F)(F)F)=N1. The van der Waals surface area contributed by atoms with Gasteiger partial charge in [-0.2, -0.15) is 13.2 Å². The van der Waals surface area contributed by atoms with Crippen molar-refractivity contribution < 1.29 is 13.2 Å². The Morgan fingerprint density at radius 3 is 2.33 bits per heavy atom. The lowest BCUT2D eigenvalue weighted by Gasteiger charge is -2.06. The van der Waals surface area contributed by atoms with Crippen molar-refractivity contribution in [2.75, 3.05) is 0 Å². The highest BCUT2D eigenvalue weighted by molar-refractivity contribution is 6.05. The fraction of sp³-hybridized carbons (Fsp3) is 0.625. The maximum absolute atomic E-state index is 12.1. The summed E-state index contributed by atoms with van der Waals surface area (Å²) in [6.45, 7) is 3.26. The lowest BCUT2D eigenvalue weighted by atomic mass is 10.1. The summed E-state index contributed by atoms with van der Waals surface area (Å²) in [6.07, 6.45) is -2.11. The summed E-state index contributed by atoms with van der Waals surface area (Å²) < 4.78 is 36.4. The fourth-order valence-corrected chi connectivity index (χ4v) is 1.18. The Bertz CT molecular complexity index is 237. The summed E-state index contributed by atoms with van der Waals surface area (Å²) in [5.74, 6) is 0. The third-order valence-corrected chi connectivity index (χ3v) is 1.80. The first-order valence-electron chi connectivity index (χ1n) is 3.79. The van der Waals surface area contributed by atoms with Crippen LogP contribution in [0.3, 0.4) is 0 Å². The van der Waals surface area contributed by atoms with Crippen molar-refractivity contribution in [3.8, 4) is 0 Å². The lowest BCUT2D eigenvalue weighted by Crippen LogP contribution is -2.22. The van der Waals surface area contributed by atoms with E-state index in [0.717, 1.165) is 0 Å². The van der Waals surface area contributed by atoms with Gasteiger partial charge in [0, 0.05) is 0 Å². The normalized spacial score (nSPS) is 23.9. The highest BCUT2D eigenvalue weighted by Crippen LogP contribution is 2.27. The van der Waals surface area contributed by atoms with Gasteiger partial charge in [-0.15, -0.1) is 0 Å². The molecule has 1 heterocycles. The molecule has 0 aromatic rings. The number of halogens is 3. The van der Waals surface area contributed by atoms with E-state index in [2.05, 4.69) is 4.99 Å². The first-order chi connectivity index (χ1) is 5.45. The first kappa shape index (κ1) is 9.29. The van der Waals surface area contributed by atoms with Gasteiger partial charge in [0.05, 0.1) is 6.04 Å². The molecule has 0 N–H and O–H groups in total. The van der Waals surface area contributed by atoms with Gasteiger partial charge in [0.1, 0.15) is 5.71 Å². The summed E-state index contributed by atoms with van der Waals surface area (Å²) >= 11 is 0. The van der Waals surface area contributed by atoms with E-state index in [0.29, 0.717) is 6.42 Å². The highest BCUT2D eigenvalue weighted by Gasteiger charge is 2.39.